The van der Waals surface area contributed by atoms with E-state index in [1.165, 1.54) is 4.90 Å². The third-order valence-electron chi connectivity index (χ3n) is 5.30. The van der Waals surface area contributed by atoms with E-state index in [2.05, 4.69) is 15.9 Å². The maximum Gasteiger partial charge on any atom is 0.407 e. The van der Waals surface area contributed by atoms with Crippen molar-refractivity contribution in [2.24, 2.45) is 0 Å². The number of ether oxygens (including phenoxy) is 1. The van der Waals surface area contributed by atoms with E-state index in [0.29, 0.717) is 30.8 Å². The van der Waals surface area contributed by atoms with Crippen LogP contribution >= 0.6 is 15.9 Å². The van der Waals surface area contributed by atoms with Crippen LogP contribution in [0, 0.1) is 0 Å². The van der Waals surface area contributed by atoms with Crippen molar-refractivity contribution in [3.63, 3.8) is 0 Å². The number of amides is 2. The monoisotopic (exact) mass is 446 g/mol. The molecular weight excluding hydrogens is 424 g/mol. The van der Waals surface area contributed by atoms with Gasteiger partial charge in [0.15, 0.2) is 0 Å². The number of likely N-dealkylation sites (N-methyl/N-ethyl adjacent to an activating group) is 1. The van der Waals surface area contributed by atoms with Crippen LogP contribution in [0.4, 0.5) is 4.79 Å². The molecule has 0 radical (unpaired) electrons. The van der Waals surface area contributed by atoms with Crippen molar-refractivity contribution in [3.05, 3.63) is 64.1 Å². The van der Waals surface area contributed by atoms with Gasteiger partial charge in [-0.15, -0.1) is 0 Å². The first-order valence-corrected chi connectivity index (χ1v) is 9.84. The van der Waals surface area contributed by atoms with Gasteiger partial charge in [-0.1, -0.05) is 28.1 Å². The molecule has 1 saturated heterocycles. The van der Waals surface area contributed by atoms with Gasteiger partial charge in [0, 0.05) is 42.1 Å². The van der Waals surface area contributed by atoms with Crippen LogP contribution in [0.5, 0.6) is 5.75 Å². The molecule has 7 heteroatoms. The number of hydrogen-bond acceptors (Lipinski definition) is 3. The first-order chi connectivity index (χ1) is 13.4. The van der Waals surface area contributed by atoms with E-state index in [1.807, 2.05) is 24.3 Å². The number of hydrogen-bond donors (Lipinski definition) is 1. The number of halogens is 1. The summed E-state index contributed by atoms with van der Waals surface area (Å²) in [6.45, 7) is 0.773. The summed E-state index contributed by atoms with van der Waals surface area (Å²) in [6, 6.07) is 14.8. The van der Waals surface area contributed by atoms with E-state index in [0.717, 1.165) is 10.0 Å². The van der Waals surface area contributed by atoms with Crippen molar-refractivity contribution in [3.8, 4) is 5.75 Å². The predicted octanol–water partition coefficient (Wildman–Crippen LogP) is 4.07. The topological polar surface area (TPSA) is 70.1 Å². The zero-order valence-electron chi connectivity index (χ0n) is 15.8. The highest BCUT2D eigenvalue weighted by Crippen LogP contribution is 2.32. The molecule has 0 saturated carbocycles. The van der Waals surface area contributed by atoms with Crippen molar-refractivity contribution < 1.29 is 19.4 Å². The summed E-state index contributed by atoms with van der Waals surface area (Å²) in [7, 11) is 3.38. The minimum absolute atomic E-state index is 0.0847. The molecule has 6 nitrogen and oxygen atoms in total. The second-order valence-electron chi connectivity index (χ2n) is 6.89. The Morgan fingerprint density at radius 3 is 2.36 bits per heavy atom. The summed E-state index contributed by atoms with van der Waals surface area (Å²) in [4.78, 5) is 27.7. The Labute approximate surface area is 172 Å². The van der Waals surface area contributed by atoms with Crippen LogP contribution in [0.25, 0.3) is 0 Å². The Kier molecular flexibility index (Phi) is 6.24. The number of piperidine rings is 1. The Bertz CT molecular complexity index is 838. The summed E-state index contributed by atoms with van der Waals surface area (Å²) in [6.07, 6.45) is -0.337. The summed E-state index contributed by atoms with van der Waals surface area (Å²) < 4.78 is 6.11. The van der Waals surface area contributed by atoms with Gasteiger partial charge in [-0.05, 0) is 48.4 Å². The van der Waals surface area contributed by atoms with Crippen LogP contribution in [-0.4, -0.2) is 60.2 Å². The fourth-order valence-electron chi connectivity index (χ4n) is 3.70. The quantitative estimate of drug-likeness (QED) is 0.768. The van der Waals surface area contributed by atoms with Gasteiger partial charge in [0.2, 0.25) is 0 Å². The standard InChI is InChI=1S/C21H23BrN2O4/c1-23(20(25)15-5-9-17(28-2)10-6-15)19-11-12-24(21(26)27)13-18(19)14-3-7-16(22)8-4-14/h3-10,18-19H,11-13H2,1-2H3,(H,26,27)/t18-,19+/m0/s1. The zero-order chi connectivity index (χ0) is 20.3. The predicted molar refractivity (Wildman–Crippen MR) is 110 cm³/mol. The normalized spacial score (nSPS) is 19.2. The van der Waals surface area contributed by atoms with Gasteiger partial charge in [-0.3, -0.25) is 4.79 Å². The largest absolute Gasteiger partial charge is 0.497 e. The molecule has 2 aromatic carbocycles. The van der Waals surface area contributed by atoms with Crippen molar-refractivity contribution in [2.45, 2.75) is 18.4 Å². The van der Waals surface area contributed by atoms with E-state index in [9.17, 15) is 14.7 Å². The lowest BCUT2D eigenvalue weighted by Gasteiger charge is -2.42. The Morgan fingerprint density at radius 1 is 1.14 bits per heavy atom. The van der Waals surface area contributed by atoms with E-state index in [1.54, 1.807) is 43.3 Å². The van der Waals surface area contributed by atoms with E-state index < -0.39 is 6.09 Å². The fraction of sp³-hybridized carbons (Fsp3) is 0.333. The molecule has 0 aliphatic carbocycles. The summed E-state index contributed by atoms with van der Waals surface area (Å²) in [5.74, 6) is 0.519. The number of likely N-dealkylation sites (tertiary alicyclic amines) is 1. The lowest BCUT2D eigenvalue weighted by Crippen LogP contribution is -2.51. The first-order valence-electron chi connectivity index (χ1n) is 9.05. The van der Waals surface area contributed by atoms with Crippen molar-refractivity contribution in [2.75, 3.05) is 27.2 Å². The van der Waals surface area contributed by atoms with Gasteiger partial charge < -0.3 is 19.6 Å². The summed E-state index contributed by atoms with van der Waals surface area (Å²) >= 11 is 3.43. The van der Waals surface area contributed by atoms with Gasteiger partial charge in [-0.25, -0.2) is 4.79 Å². The number of benzene rings is 2. The van der Waals surface area contributed by atoms with Crippen molar-refractivity contribution in [1.82, 2.24) is 9.80 Å². The molecular formula is C21H23BrN2O4. The van der Waals surface area contributed by atoms with Crippen LogP contribution in [0.2, 0.25) is 0 Å². The number of carboxylic acid groups (broad SMARTS) is 1. The van der Waals surface area contributed by atoms with Crippen LogP contribution in [0.1, 0.15) is 28.3 Å². The molecule has 1 heterocycles. The number of rotatable bonds is 4. The molecule has 28 heavy (non-hydrogen) atoms. The molecule has 0 bridgehead atoms. The minimum atomic E-state index is -0.926. The van der Waals surface area contributed by atoms with Crippen LogP contribution in [0.15, 0.2) is 53.0 Å². The Balaban J connectivity index is 1.86. The highest BCUT2D eigenvalue weighted by atomic mass is 79.9. The van der Waals surface area contributed by atoms with Gasteiger partial charge >= 0.3 is 6.09 Å². The molecule has 1 aliphatic rings. The molecule has 0 spiro atoms. The Hall–Kier alpha value is -2.54. The number of nitrogens with zero attached hydrogens (tertiary/aromatic N) is 2. The molecule has 2 atom stereocenters. The molecule has 0 aromatic heterocycles. The molecule has 148 valence electrons. The highest BCUT2D eigenvalue weighted by molar-refractivity contribution is 9.10. The maximum absolute atomic E-state index is 13.0. The van der Waals surface area contributed by atoms with Gasteiger partial charge in [-0.2, -0.15) is 0 Å². The zero-order valence-corrected chi connectivity index (χ0v) is 17.4. The first kappa shape index (κ1) is 20.2. The van der Waals surface area contributed by atoms with Gasteiger partial charge in [0.1, 0.15) is 5.75 Å². The average Bonchev–Trinajstić information content (AvgIpc) is 2.73. The molecule has 2 aromatic rings. The summed E-state index contributed by atoms with van der Waals surface area (Å²) in [5.41, 5.74) is 1.60. The average molecular weight is 447 g/mol. The smallest absolute Gasteiger partial charge is 0.407 e. The van der Waals surface area contributed by atoms with Crippen LogP contribution < -0.4 is 4.74 Å². The SMILES string of the molecule is COc1ccc(C(=O)N(C)[C@@H]2CCN(C(=O)O)C[C@H]2c2ccc(Br)cc2)cc1. The second-order valence-corrected chi connectivity index (χ2v) is 7.80. The molecule has 1 N–H and O–H groups in total. The second kappa shape index (κ2) is 8.65. The minimum Gasteiger partial charge on any atom is -0.497 e. The van der Waals surface area contributed by atoms with Crippen LogP contribution in [-0.2, 0) is 0 Å². The van der Waals surface area contributed by atoms with Gasteiger partial charge in [0.05, 0.1) is 7.11 Å². The fourth-order valence-corrected chi connectivity index (χ4v) is 3.97. The third-order valence-corrected chi connectivity index (χ3v) is 5.83. The van der Waals surface area contributed by atoms with E-state index in [-0.39, 0.29) is 17.9 Å². The third kappa shape index (κ3) is 4.30. The molecule has 2 amide bonds. The highest BCUT2D eigenvalue weighted by Gasteiger charge is 2.36. The number of carbonyl (C=O) groups excluding carboxylic acids is 1. The van der Waals surface area contributed by atoms with E-state index in [4.69, 9.17) is 4.74 Å². The summed E-state index contributed by atoms with van der Waals surface area (Å²) in [5, 5.41) is 9.43. The van der Waals surface area contributed by atoms with Crippen LogP contribution in [0.3, 0.4) is 0 Å². The Morgan fingerprint density at radius 2 is 1.79 bits per heavy atom. The lowest BCUT2D eigenvalue weighted by atomic mass is 9.85. The molecule has 3 rings (SSSR count). The maximum atomic E-state index is 13.0. The molecule has 1 fully saturated rings. The van der Waals surface area contributed by atoms with Gasteiger partial charge in [0.25, 0.3) is 5.91 Å². The molecule has 0 unspecified atom stereocenters. The molecule has 1 aliphatic heterocycles. The number of methoxy groups -OCH3 is 1. The number of carbonyl (C=O) groups is 2. The van der Waals surface area contributed by atoms with E-state index >= 15 is 0 Å². The van der Waals surface area contributed by atoms with Crippen molar-refractivity contribution >= 4 is 27.9 Å². The van der Waals surface area contributed by atoms with Crippen molar-refractivity contribution in [1.29, 1.82) is 0 Å². The lowest BCUT2D eigenvalue weighted by molar-refractivity contribution is 0.0590.